The number of hydrogen-bond acceptors (Lipinski definition) is 3. The molecule has 2 aliphatic heterocycles. The van der Waals surface area contributed by atoms with Crippen molar-refractivity contribution in [3.8, 4) is 0 Å². The van der Waals surface area contributed by atoms with Crippen LogP contribution in [0.1, 0.15) is 51.4 Å². The third kappa shape index (κ3) is 3.49. The van der Waals surface area contributed by atoms with E-state index in [0.29, 0.717) is 23.2 Å². The molecule has 1 amide bonds. The molecule has 0 N–H and O–H groups in total. The minimum absolute atomic E-state index is 0.317. The second kappa shape index (κ2) is 6.53. The summed E-state index contributed by atoms with van der Waals surface area (Å²) in [4.78, 5) is 17.7. The summed E-state index contributed by atoms with van der Waals surface area (Å²) in [5.41, 5.74) is 0.317. The van der Waals surface area contributed by atoms with Gasteiger partial charge in [0.1, 0.15) is 0 Å². The number of hydrogen-bond donors (Lipinski definition) is 0. The Morgan fingerprint density at radius 2 is 1.80 bits per heavy atom. The zero-order chi connectivity index (χ0) is 16.9. The fourth-order valence-electron chi connectivity index (χ4n) is 5.30. The maximum Gasteiger partial charge on any atom is 0.225 e. The van der Waals surface area contributed by atoms with Gasteiger partial charge in [-0.25, -0.2) is 0 Å². The lowest BCUT2D eigenvalue weighted by atomic mass is 9.77. The van der Waals surface area contributed by atoms with Crippen molar-refractivity contribution in [3.63, 3.8) is 0 Å². The van der Waals surface area contributed by atoms with E-state index in [-0.39, 0.29) is 0 Å². The lowest BCUT2D eigenvalue weighted by Gasteiger charge is -2.33. The highest BCUT2D eigenvalue weighted by Crippen LogP contribution is 2.46. The molecule has 0 aromatic heterocycles. The van der Waals surface area contributed by atoms with Gasteiger partial charge in [0.15, 0.2) is 0 Å². The summed E-state index contributed by atoms with van der Waals surface area (Å²) in [6.07, 6.45) is 10.3. The van der Waals surface area contributed by atoms with Gasteiger partial charge in [-0.2, -0.15) is 0 Å². The Labute approximate surface area is 152 Å². The molecule has 2 heterocycles. The van der Waals surface area contributed by atoms with Gasteiger partial charge in [-0.05, 0) is 56.8 Å². The quantitative estimate of drug-likeness (QED) is 0.711. The van der Waals surface area contributed by atoms with Crippen LogP contribution in [0.25, 0.3) is 0 Å². The summed E-state index contributed by atoms with van der Waals surface area (Å²) in [5, 5.41) is 0. The number of rotatable bonds is 7. The molecule has 0 unspecified atom stereocenters. The molecule has 5 aliphatic rings. The average molecular weight is 347 g/mol. The number of carbonyl (C=O) groups excluding carboxylic acids is 1. The molecule has 140 valence electrons. The third-order valence-electron chi connectivity index (χ3n) is 7.62. The predicted molar refractivity (Wildman–Crippen MR) is 97.2 cm³/mol. The highest BCUT2D eigenvalue weighted by molar-refractivity contribution is 5.80. The standard InChI is InChI=1S/C21H34N2O2/c24-20(18-2-1-3-18)23-9-8-21(15-23)14-22(10-16-4-5-16)11-19(21)13-25-12-17-6-7-17/h16-19H,1-15H2/t19-,21-/m0/s1. The van der Waals surface area contributed by atoms with Crippen molar-refractivity contribution in [1.82, 2.24) is 9.80 Å². The van der Waals surface area contributed by atoms with Crippen LogP contribution in [-0.2, 0) is 9.53 Å². The highest BCUT2D eigenvalue weighted by atomic mass is 16.5. The second-order valence-electron chi connectivity index (χ2n) is 9.82. The molecular weight excluding hydrogens is 312 g/mol. The molecule has 0 bridgehead atoms. The molecule has 5 rings (SSSR count). The van der Waals surface area contributed by atoms with Crippen LogP contribution in [0.3, 0.4) is 0 Å². The van der Waals surface area contributed by atoms with Crippen LogP contribution in [0.2, 0.25) is 0 Å². The normalized spacial score (nSPS) is 36.3. The summed E-state index contributed by atoms with van der Waals surface area (Å²) in [6.45, 7) is 7.58. The van der Waals surface area contributed by atoms with Crippen molar-refractivity contribution < 1.29 is 9.53 Å². The molecular formula is C21H34N2O2. The van der Waals surface area contributed by atoms with E-state index in [1.165, 1.54) is 58.2 Å². The molecule has 3 saturated carbocycles. The highest BCUT2D eigenvalue weighted by Gasteiger charge is 2.52. The van der Waals surface area contributed by atoms with Gasteiger partial charge in [0.05, 0.1) is 6.61 Å². The Kier molecular flexibility index (Phi) is 4.32. The fourth-order valence-corrected chi connectivity index (χ4v) is 5.30. The first kappa shape index (κ1) is 16.6. The van der Waals surface area contributed by atoms with E-state index >= 15 is 0 Å². The first-order chi connectivity index (χ1) is 12.2. The SMILES string of the molecule is O=C(C1CCC1)N1CC[C@]2(CN(CC3CC3)C[C@H]2COCC2CC2)C1. The van der Waals surface area contributed by atoms with Gasteiger partial charge in [0, 0.05) is 56.6 Å². The van der Waals surface area contributed by atoms with Crippen LogP contribution in [-0.4, -0.2) is 61.6 Å². The fraction of sp³-hybridized carbons (Fsp3) is 0.952. The van der Waals surface area contributed by atoms with Gasteiger partial charge >= 0.3 is 0 Å². The van der Waals surface area contributed by atoms with Gasteiger partial charge in [-0.1, -0.05) is 6.42 Å². The van der Waals surface area contributed by atoms with E-state index < -0.39 is 0 Å². The maximum atomic E-state index is 12.7. The molecule has 3 aliphatic carbocycles. The average Bonchev–Trinajstić information content (AvgIpc) is 3.45. The predicted octanol–water partition coefficient (Wildman–Crippen LogP) is 2.77. The monoisotopic (exact) mass is 346 g/mol. The largest absolute Gasteiger partial charge is 0.381 e. The first-order valence-corrected chi connectivity index (χ1v) is 10.8. The summed E-state index contributed by atoms with van der Waals surface area (Å²) in [7, 11) is 0. The van der Waals surface area contributed by atoms with Crippen LogP contribution in [0.15, 0.2) is 0 Å². The zero-order valence-corrected chi connectivity index (χ0v) is 15.6. The van der Waals surface area contributed by atoms with E-state index in [0.717, 1.165) is 51.0 Å². The zero-order valence-electron chi connectivity index (χ0n) is 15.6. The van der Waals surface area contributed by atoms with Gasteiger partial charge < -0.3 is 14.5 Å². The molecule has 4 nitrogen and oxygen atoms in total. The van der Waals surface area contributed by atoms with Gasteiger partial charge in [0.2, 0.25) is 5.91 Å². The Morgan fingerprint density at radius 1 is 1.00 bits per heavy atom. The molecule has 0 aromatic rings. The van der Waals surface area contributed by atoms with Crippen molar-refractivity contribution in [3.05, 3.63) is 0 Å². The van der Waals surface area contributed by atoms with Gasteiger partial charge in [-0.3, -0.25) is 4.79 Å². The van der Waals surface area contributed by atoms with Crippen molar-refractivity contribution in [2.24, 2.45) is 29.1 Å². The van der Waals surface area contributed by atoms with E-state index in [9.17, 15) is 4.79 Å². The lowest BCUT2D eigenvalue weighted by molar-refractivity contribution is -0.137. The van der Waals surface area contributed by atoms with E-state index in [1.54, 1.807) is 0 Å². The maximum absolute atomic E-state index is 12.7. The van der Waals surface area contributed by atoms with Crippen LogP contribution in [0, 0.1) is 29.1 Å². The lowest BCUT2D eigenvalue weighted by Crippen LogP contribution is -2.41. The van der Waals surface area contributed by atoms with E-state index in [2.05, 4.69) is 9.80 Å². The molecule has 4 heteroatoms. The molecule has 2 saturated heterocycles. The van der Waals surface area contributed by atoms with Gasteiger partial charge in [-0.15, -0.1) is 0 Å². The van der Waals surface area contributed by atoms with Crippen LogP contribution in [0.5, 0.6) is 0 Å². The summed E-state index contributed by atoms with van der Waals surface area (Å²) >= 11 is 0. The van der Waals surface area contributed by atoms with Crippen molar-refractivity contribution in [2.45, 2.75) is 51.4 Å². The van der Waals surface area contributed by atoms with Crippen molar-refractivity contribution in [1.29, 1.82) is 0 Å². The Morgan fingerprint density at radius 3 is 2.48 bits per heavy atom. The minimum Gasteiger partial charge on any atom is -0.381 e. The van der Waals surface area contributed by atoms with Crippen molar-refractivity contribution in [2.75, 3.05) is 45.9 Å². The smallest absolute Gasteiger partial charge is 0.225 e. The van der Waals surface area contributed by atoms with E-state index in [4.69, 9.17) is 4.74 Å². The second-order valence-corrected chi connectivity index (χ2v) is 9.82. The molecule has 25 heavy (non-hydrogen) atoms. The summed E-state index contributed by atoms with van der Waals surface area (Å²) < 4.78 is 6.14. The number of ether oxygens (including phenoxy) is 1. The summed E-state index contributed by atoms with van der Waals surface area (Å²) in [6, 6.07) is 0. The summed E-state index contributed by atoms with van der Waals surface area (Å²) in [5.74, 6) is 3.24. The first-order valence-electron chi connectivity index (χ1n) is 10.8. The van der Waals surface area contributed by atoms with Crippen LogP contribution < -0.4 is 0 Å². The van der Waals surface area contributed by atoms with Crippen LogP contribution >= 0.6 is 0 Å². The molecule has 2 atom stereocenters. The third-order valence-corrected chi connectivity index (χ3v) is 7.62. The topological polar surface area (TPSA) is 32.8 Å². The number of likely N-dealkylation sites (tertiary alicyclic amines) is 2. The van der Waals surface area contributed by atoms with Gasteiger partial charge in [0.25, 0.3) is 0 Å². The molecule has 0 aromatic carbocycles. The number of amides is 1. The number of carbonyl (C=O) groups is 1. The molecule has 1 spiro atoms. The minimum atomic E-state index is 0.317. The molecule has 0 radical (unpaired) electrons. The Balaban J connectivity index is 1.23. The molecule has 5 fully saturated rings. The Hall–Kier alpha value is -0.610. The van der Waals surface area contributed by atoms with Crippen molar-refractivity contribution >= 4 is 5.91 Å². The van der Waals surface area contributed by atoms with Crippen LogP contribution in [0.4, 0.5) is 0 Å². The Bertz CT molecular complexity index is 512. The number of nitrogens with zero attached hydrogens (tertiary/aromatic N) is 2. The van der Waals surface area contributed by atoms with E-state index in [1.807, 2.05) is 0 Å².